The third-order valence-electron chi connectivity index (χ3n) is 2.73. The third-order valence-corrected chi connectivity index (χ3v) is 2.73. The van der Waals surface area contributed by atoms with Crippen molar-refractivity contribution in [2.45, 2.75) is 52.6 Å². The molecular weight excluding hydrogens is 262 g/mol. The Morgan fingerprint density at radius 3 is 2.05 bits per heavy atom. The third kappa shape index (κ3) is 7.50. The van der Waals surface area contributed by atoms with Gasteiger partial charge in [0.05, 0.1) is 6.04 Å². The first-order valence-corrected chi connectivity index (χ1v) is 6.64. The maximum absolute atomic E-state index is 11.7. The zero-order valence-corrected chi connectivity index (χ0v) is 12.4. The Balaban J connectivity index is 4.03. The van der Waals surface area contributed by atoms with E-state index in [4.69, 9.17) is 0 Å². The molecule has 3 N–H and O–H groups in total. The van der Waals surface area contributed by atoms with Gasteiger partial charge in [-0.2, -0.15) is 0 Å². The van der Waals surface area contributed by atoms with Crippen LogP contribution in [0, 0.1) is 0 Å². The Morgan fingerprint density at radius 2 is 1.55 bits per heavy atom. The molecule has 0 aliphatic rings. The number of carbonyl (C=O) groups excluding carboxylic acids is 4. The lowest BCUT2D eigenvalue weighted by atomic mass is 10.2. The molecule has 0 aliphatic heterocycles. The van der Waals surface area contributed by atoms with Crippen molar-refractivity contribution in [2.75, 3.05) is 6.54 Å². The summed E-state index contributed by atoms with van der Waals surface area (Å²) in [5.74, 6) is -1.03. The molecule has 0 spiro atoms. The summed E-state index contributed by atoms with van der Waals surface area (Å²) in [6.45, 7) is 6.44. The SMILES string of the molecule is CCC(=O)NCCC(=O)NC(C)C(=O)N[C@@H](C)C(C)=O. The van der Waals surface area contributed by atoms with Gasteiger partial charge in [-0.3, -0.25) is 19.2 Å². The quantitative estimate of drug-likeness (QED) is 0.559. The van der Waals surface area contributed by atoms with E-state index in [9.17, 15) is 19.2 Å². The molecule has 3 amide bonds. The van der Waals surface area contributed by atoms with E-state index >= 15 is 0 Å². The van der Waals surface area contributed by atoms with Gasteiger partial charge in [0.15, 0.2) is 5.78 Å². The van der Waals surface area contributed by atoms with E-state index < -0.39 is 18.0 Å². The van der Waals surface area contributed by atoms with Crippen molar-refractivity contribution >= 4 is 23.5 Å². The molecule has 0 aromatic heterocycles. The van der Waals surface area contributed by atoms with Gasteiger partial charge in [0.25, 0.3) is 0 Å². The monoisotopic (exact) mass is 285 g/mol. The fraction of sp³-hybridized carbons (Fsp3) is 0.692. The van der Waals surface area contributed by atoms with Crippen molar-refractivity contribution in [1.82, 2.24) is 16.0 Å². The minimum atomic E-state index is -0.730. The van der Waals surface area contributed by atoms with Crippen LogP contribution in [-0.2, 0) is 19.2 Å². The Kier molecular flexibility index (Phi) is 8.19. The number of Topliss-reactive ketones (excluding diaryl/α,β-unsaturated/α-hetero) is 1. The van der Waals surface area contributed by atoms with Gasteiger partial charge in [-0.25, -0.2) is 0 Å². The summed E-state index contributed by atoms with van der Waals surface area (Å²) in [6, 6.07) is -1.31. The Labute approximate surface area is 118 Å². The van der Waals surface area contributed by atoms with Gasteiger partial charge in [0.2, 0.25) is 17.7 Å². The highest BCUT2D eigenvalue weighted by molar-refractivity contribution is 5.91. The van der Waals surface area contributed by atoms with Gasteiger partial charge in [0, 0.05) is 19.4 Å². The average molecular weight is 285 g/mol. The lowest BCUT2D eigenvalue weighted by Gasteiger charge is -2.16. The van der Waals surface area contributed by atoms with Gasteiger partial charge in [-0.05, 0) is 20.8 Å². The molecular formula is C13H23N3O4. The van der Waals surface area contributed by atoms with Crippen LogP contribution in [0.25, 0.3) is 0 Å². The van der Waals surface area contributed by atoms with Gasteiger partial charge in [0.1, 0.15) is 6.04 Å². The van der Waals surface area contributed by atoms with E-state index in [-0.39, 0.29) is 30.6 Å². The van der Waals surface area contributed by atoms with Crippen LogP contribution in [-0.4, -0.2) is 42.1 Å². The molecule has 20 heavy (non-hydrogen) atoms. The summed E-state index contributed by atoms with van der Waals surface area (Å²) < 4.78 is 0. The van der Waals surface area contributed by atoms with E-state index in [0.29, 0.717) is 6.42 Å². The summed E-state index contributed by atoms with van der Waals surface area (Å²) in [4.78, 5) is 45.2. The average Bonchev–Trinajstić information content (AvgIpc) is 2.37. The van der Waals surface area contributed by atoms with Crippen LogP contribution >= 0.6 is 0 Å². The minimum Gasteiger partial charge on any atom is -0.356 e. The molecule has 0 aliphatic carbocycles. The zero-order chi connectivity index (χ0) is 15.7. The first-order valence-electron chi connectivity index (χ1n) is 6.64. The lowest BCUT2D eigenvalue weighted by Crippen LogP contribution is -2.49. The highest BCUT2D eigenvalue weighted by Gasteiger charge is 2.18. The van der Waals surface area contributed by atoms with Crippen molar-refractivity contribution in [3.05, 3.63) is 0 Å². The summed E-state index contributed by atoms with van der Waals surface area (Å²) in [5.41, 5.74) is 0. The smallest absolute Gasteiger partial charge is 0.242 e. The van der Waals surface area contributed by atoms with E-state index in [1.807, 2.05) is 0 Å². The molecule has 0 radical (unpaired) electrons. The van der Waals surface area contributed by atoms with Crippen molar-refractivity contribution < 1.29 is 19.2 Å². The molecule has 2 atom stereocenters. The van der Waals surface area contributed by atoms with E-state index in [1.54, 1.807) is 13.8 Å². The van der Waals surface area contributed by atoms with Crippen LogP contribution in [0.1, 0.15) is 40.5 Å². The standard InChI is InChI=1S/C13H23N3O4/c1-5-11(18)14-7-6-12(19)15-9(3)13(20)16-8(2)10(4)17/h8-9H,5-7H2,1-4H3,(H,14,18)(H,15,19)(H,16,20)/t8-,9?/m0/s1. The molecule has 0 aromatic carbocycles. The predicted octanol–water partition coefficient (Wildman–Crippen LogP) is -0.499. The van der Waals surface area contributed by atoms with Crippen LogP contribution in [0.3, 0.4) is 0 Å². The molecule has 7 nitrogen and oxygen atoms in total. The van der Waals surface area contributed by atoms with Gasteiger partial charge in [-0.15, -0.1) is 0 Å². The predicted molar refractivity (Wildman–Crippen MR) is 73.8 cm³/mol. The fourth-order valence-corrected chi connectivity index (χ4v) is 1.26. The van der Waals surface area contributed by atoms with Crippen LogP contribution in [0.5, 0.6) is 0 Å². The topological polar surface area (TPSA) is 104 Å². The largest absolute Gasteiger partial charge is 0.356 e. The summed E-state index contributed by atoms with van der Waals surface area (Å²) in [5, 5.41) is 7.56. The molecule has 1 unspecified atom stereocenters. The Bertz CT molecular complexity index is 382. The van der Waals surface area contributed by atoms with E-state index in [1.165, 1.54) is 13.8 Å². The van der Waals surface area contributed by atoms with Crippen LogP contribution in [0.2, 0.25) is 0 Å². The number of hydrogen-bond donors (Lipinski definition) is 3. The number of amides is 3. The highest BCUT2D eigenvalue weighted by atomic mass is 16.2. The van der Waals surface area contributed by atoms with Crippen molar-refractivity contribution in [3.63, 3.8) is 0 Å². The van der Waals surface area contributed by atoms with Crippen molar-refractivity contribution in [3.8, 4) is 0 Å². The summed E-state index contributed by atoms with van der Waals surface area (Å²) in [7, 11) is 0. The number of carbonyl (C=O) groups is 4. The molecule has 114 valence electrons. The molecule has 0 saturated carbocycles. The normalized spacial score (nSPS) is 13.0. The van der Waals surface area contributed by atoms with Crippen LogP contribution in [0.4, 0.5) is 0 Å². The molecule has 0 aromatic rings. The van der Waals surface area contributed by atoms with Gasteiger partial charge >= 0.3 is 0 Å². The van der Waals surface area contributed by atoms with E-state index in [2.05, 4.69) is 16.0 Å². The highest BCUT2D eigenvalue weighted by Crippen LogP contribution is 1.90. The number of ketones is 1. The van der Waals surface area contributed by atoms with Crippen LogP contribution in [0.15, 0.2) is 0 Å². The van der Waals surface area contributed by atoms with Crippen LogP contribution < -0.4 is 16.0 Å². The fourth-order valence-electron chi connectivity index (χ4n) is 1.26. The number of rotatable bonds is 8. The number of hydrogen-bond acceptors (Lipinski definition) is 4. The Morgan fingerprint density at radius 1 is 0.950 bits per heavy atom. The maximum Gasteiger partial charge on any atom is 0.242 e. The van der Waals surface area contributed by atoms with Gasteiger partial charge in [-0.1, -0.05) is 6.92 Å². The second-order valence-corrected chi connectivity index (χ2v) is 4.58. The lowest BCUT2D eigenvalue weighted by molar-refractivity contribution is -0.130. The minimum absolute atomic E-state index is 0.103. The maximum atomic E-state index is 11.7. The first kappa shape index (κ1) is 18.1. The molecule has 0 bridgehead atoms. The molecule has 0 saturated heterocycles. The van der Waals surface area contributed by atoms with E-state index in [0.717, 1.165) is 0 Å². The summed E-state index contributed by atoms with van der Waals surface area (Å²) >= 11 is 0. The van der Waals surface area contributed by atoms with Crippen molar-refractivity contribution in [1.29, 1.82) is 0 Å². The number of nitrogens with one attached hydrogen (secondary N) is 3. The molecule has 0 fully saturated rings. The zero-order valence-electron chi connectivity index (χ0n) is 12.4. The molecule has 0 rings (SSSR count). The first-order chi connectivity index (χ1) is 9.27. The van der Waals surface area contributed by atoms with Gasteiger partial charge < -0.3 is 16.0 Å². The van der Waals surface area contributed by atoms with Crippen molar-refractivity contribution in [2.24, 2.45) is 0 Å². The molecule has 0 heterocycles. The molecule has 7 heteroatoms. The Hall–Kier alpha value is -1.92. The second-order valence-electron chi connectivity index (χ2n) is 4.58. The summed E-state index contributed by atoms with van der Waals surface area (Å²) in [6.07, 6.45) is 0.467. The second kappa shape index (κ2) is 9.06.